The fraction of sp³-hybridized carbons (Fsp3) is 0.304. The van der Waals surface area contributed by atoms with Crippen LogP contribution in [0.15, 0.2) is 59.3 Å². The summed E-state index contributed by atoms with van der Waals surface area (Å²) in [6.07, 6.45) is 8.08. The van der Waals surface area contributed by atoms with Gasteiger partial charge in [0.25, 0.3) is 0 Å². The first kappa shape index (κ1) is 19.3. The van der Waals surface area contributed by atoms with Gasteiger partial charge in [-0.2, -0.15) is 10.1 Å². The van der Waals surface area contributed by atoms with Gasteiger partial charge in [0, 0.05) is 29.8 Å². The van der Waals surface area contributed by atoms with Crippen molar-refractivity contribution in [2.24, 2.45) is 0 Å². The van der Waals surface area contributed by atoms with Gasteiger partial charge in [-0.3, -0.25) is 5.10 Å². The topological polar surface area (TPSA) is 105 Å². The number of nitrogens with one attached hydrogen (secondary N) is 3. The van der Waals surface area contributed by atoms with Gasteiger partial charge < -0.3 is 15.2 Å². The minimum Gasteiger partial charge on any atom is -0.359 e. The van der Waals surface area contributed by atoms with Crippen molar-refractivity contribution in [2.75, 3.05) is 10.6 Å². The first-order chi connectivity index (χ1) is 15.3. The van der Waals surface area contributed by atoms with Gasteiger partial charge in [0.1, 0.15) is 17.3 Å². The van der Waals surface area contributed by atoms with Gasteiger partial charge in [-0.1, -0.05) is 54.8 Å². The van der Waals surface area contributed by atoms with E-state index < -0.39 is 0 Å². The van der Waals surface area contributed by atoms with E-state index in [0.717, 1.165) is 22.8 Å². The van der Waals surface area contributed by atoms with Crippen LogP contribution in [0.2, 0.25) is 0 Å². The van der Waals surface area contributed by atoms with Gasteiger partial charge in [-0.15, -0.1) is 0 Å². The van der Waals surface area contributed by atoms with Crippen LogP contribution in [0.3, 0.4) is 0 Å². The normalized spacial score (nSPS) is 14.5. The molecule has 3 aromatic heterocycles. The van der Waals surface area contributed by atoms with Crippen LogP contribution in [0, 0.1) is 0 Å². The molecule has 1 aliphatic carbocycles. The summed E-state index contributed by atoms with van der Waals surface area (Å²) in [4.78, 5) is 8.82. The molecule has 5 rings (SSSR count). The predicted molar refractivity (Wildman–Crippen MR) is 119 cm³/mol. The molecule has 1 aliphatic rings. The Morgan fingerprint density at radius 3 is 2.77 bits per heavy atom. The molecule has 3 heterocycles. The Hall–Kier alpha value is -3.68. The van der Waals surface area contributed by atoms with Crippen molar-refractivity contribution in [3.05, 3.63) is 66.2 Å². The monoisotopic (exact) mass is 415 g/mol. The third-order valence-electron chi connectivity index (χ3n) is 5.59. The highest BCUT2D eigenvalue weighted by atomic mass is 16.5. The van der Waals surface area contributed by atoms with Gasteiger partial charge in [0.15, 0.2) is 5.76 Å². The number of aromatic amines is 1. The summed E-state index contributed by atoms with van der Waals surface area (Å²) in [5.41, 5.74) is 2.96. The first-order valence-corrected chi connectivity index (χ1v) is 10.7. The lowest BCUT2D eigenvalue weighted by molar-refractivity contribution is 0.390. The van der Waals surface area contributed by atoms with Crippen molar-refractivity contribution in [3.63, 3.8) is 0 Å². The van der Waals surface area contributed by atoms with Gasteiger partial charge in [-0.25, -0.2) is 4.98 Å². The number of hydrogen-bond acceptors (Lipinski definition) is 7. The van der Waals surface area contributed by atoms with E-state index in [0.29, 0.717) is 30.0 Å². The van der Waals surface area contributed by atoms with Crippen LogP contribution in [0.5, 0.6) is 0 Å². The van der Waals surface area contributed by atoms with E-state index in [1.807, 2.05) is 42.5 Å². The maximum Gasteiger partial charge on any atom is 0.224 e. The molecule has 8 nitrogen and oxygen atoms in total. The molecule has 0 aliphatic heterocycles. The zero-order chi connectivity index (χ0) is 20.9. The molecule has 0 amide bonds. The van der Waals surface area contributed by atoms with Gasteiger partial charge in [0.2, 0.25) is 5.95 Å². The van der Waals surface area contributed by atoms with Crippen molar-refractivity contribution < 1.29 is 4.52 Å². The molecule has 0 atom stereocenters. The maximum absolute atomic E-state index is 5.43. The van der Waals surface area contributed by atoms with Crippen molar-refractivity contribution in [1.29, 1.82) is 0 Å². The first-order valence-electron chi connectivity index (χ1n) is 10.7. The minimum absolute atomic E-state index is 0.444. The molecular weight excluding hydrogens is 390 g/mol. The van der Waals surface area contributed by atoms with Gasteiger partial charge >= 0.3 is 0 Å². The van der Waals surface area contributed by atoms with E-state index in [1.165, 1.54) is 32.1 Å². The molecule has 31 heavy (non-hydrogen) atoms. The highest BCUT2D eigenvalue weighted by Gasteiger charge is 2.18. The van der Waals surface area contributed by atoms with E-state index in [1.54, 1.807) is 6.20 Å². The Morgan fingerprint density at radius 1 is 1.03 bits per heavy atom. The second-order valence-corrected chi connectivity index (χ2v) is 7.83. The van der Waals surface area contributed by atoms with Crippen LogP contribution in [-0.2, 0) is 6.54 Å². The number of rotatable bonds is 7. The highest BCUT2D eigenvalue weighted by molar-refractivity contribution is 5.58. The summed E-state index contributed by atoms with van der Waals surface area (Å²) in [6.45, 7) is 0.444. The molecule has 1 fully saturated rings. The molecule has 0 spiro atoms. The van der Waals surface area contributed by atoms with Crippen LogP contribution in [-0.4, -0.2) is 25.3 Å². The Morgan fingerprint density at radius 2 is 1.90 bits per heavy atom. The lowest BCUT2D eigenvalue weighted by Crippen LogP contribution is -2.04. The Bertz CT molecular complexity index is 1120. The smallest absolute Gasteiger partial charge is 0.224 e. The standard InChI is InChI=1S/C23H25N7O/c1-3-7-16(8-4-1)19-14-22(29-28-19)26-21-11-12-24-23(27-21)25-15-18-13-20(30-31-18)17-9-5-2-6-10-17/h2,5-6,9-14,16H,1,3-4,7-8,15H2,(H3,24,25,26,27,28,29). The fourth-order valence-electron chi connectivity index (χ4n) is 3.97. The highest BCUT2D eigenvalue weighted by Crippen LogP contribution is 2.32. The molecule has 158 valence electrons. The molecule has 0 unspecified atom stereocenters. The number of nitrogens with zero attached hydrogens (tertiary/aromatic N) is 4. The SMILES string of the molecule is c1ccc(-c2cc(CNc3nccc(Nc4cc(C5CCCCC5)n[nH]4)n3)on2)cc1. The average molecular weight is 416 g/mol. The van der Waals surface area contributed by atoms with Crippen LogP contribution < -0.4 is 10.6 Å². The number of aromatic nitrogens is 5. The minimum atomic E-state index is 0.444. The summed E-state index contributed by atoms with van der Waals surface area (Å²) < 4.78 is 5.43. The molecule has 0 radical (unpaired) electrons. The molecule has 1 saturated carbocycles. The lowest BCUT2D eigenvalue weighted by Gasteiger charge is -2.18. The van der Waals surface area contributed by atoms with Crippen LogP contribution in [0.1, 0.15) is 49.5 Å². The predicted octanol–water partition coefficient (Wildman–Crippen LogP) is 5.26. The number of H-pyrrole nitrogens is 1. The Kier molecular flexibility index (Phi) is 5.60. The van der Waals surface area contributed by atoms with Crippen molar-refractivity contribution >= 4 is 17.6 Å². The van der Waals surface area contributed by atoms with E-state index in [-0.39, 0.29) is 0 Å². The summed E-state index contributed by atoms with van der Waals surface area (Å²) in [7, 11) is 0. The second kappa shape index (κ2) is 8.99. The summed E-state index contributed by atoms with van der Waals surface area (Å²) in [5, 5.41) is 18.2. The zero-order valence-corrected chi connectivity index (χ0v) is 17.2. The fourth-order valence-corrected chi connectivity index (χ4v) is 3.97. The average Bonchev–Trinajstić information content (AvgIpc) is 3.49. The third-order valence-corrected chi connectivity index (χ3v) is 5.59. The Balaban J connectivity index is 1.20. The van der Waals surface area contributed by atoms with Crippen LogP contribution in [0.25, 0.3) is 11.3 Å². The van der Waals surface area contributed by atoms with Gasteiger partial charge in [-0.05, 0) is 18.9 Å². The molecule has 1 aromatic carbocycles. The van der Waals surface area contributed by atoms with Crippen LogP contribution in [0.4, 0.5) is 17.6 Å². The summed E-state index contributed by atoms with van der Waals surface area (Å²) in [5.74, 6) is 3.32. The van der Waals surface area contributed by atoms with Crippen molar-refractivity contribution in [3.8, 4) is 11.3 Å². The quantitative estimate of drug-likeness (QED) is 0.378. The Labute approximate surface area is 180 Å². The molecule has 0 saturated heterocycles. The largest absolute Gasteiger partial charge is 0.359 e. The summed E-state index contributed by atoms with van der Waals surface area (Å²) in [6, 6.07) is 15.8. The summed E-state index contributed by atoms with van der Waals surface area (Å²) >= 11 is 0. The van der Waals surface area contributed by atoms with E-state index in [4.69, 9.17) is 4.52 Å². The van der Waals surface area contributed by atoms with Gasteiger partial charge in [0.05, 0.1) is 12.2 Å². The molecular formula is C23H25N7O. The second-order valence-electron chi connectivity index (χ2n) is 7.83. The number of anilines is 3. The lowest BCUT2D eigenvalue weighted by atomic mass is 9.87. The molecule has 8 heteroatoms. The maximum atomic E-state index is 5.43. The zero-order valence-electron chi connectivity index (χ0n) is 17.2. The third kappa shape index (κ3) is 4.74. The van der Waals surface area contributed by atoms with E-state index >= 15 is 0 Å². The molecule has 3 N–H and O–H groups in total. The van der Waals surface area contributed by atoms with Crippen molar-refractivity contribution in [1.82, 2.24) is 25.3 Å². The molecule has 0 bridgehead atoms. The van der Waals surface area contributed by atoms with Crippen molar-refractivity contribution in [2.45, 2.75) is 44.6 Å². The van der Waals surface area contributed by atoms with E-state index in [2.05, 4.69) is 42.0 Å². The number of benzene rings is 1. The van der Waals surface area contributed by atoms with Crippen LogP contribution >= 0.6 is 0 Å². The number of hydrogen-bond donors (Lipinski definition) is 3. The van der Waals surface area contributed by atoms with E-state index in [9.17, 15) is 0 Å². The molecule has 4 aromatic rings.